The molecule has 178 valence electrons. The van der Waals surface area contributed by atoms with Crippen LogP contribution in [-0.4, -0.2) is 56.5 Å². The van der Waals surface area contributed by atoms with Crippen LogP contribution in [0, 0.1) is 11.8 Å². The van der Waals surface area contributed by atoms with E-state index in [1.807, 2.05) is 13.0 Å². The zero-order valence-electron chi connectivity index (χ0n) is 18.6. The fourth-order valence-electron chi connectivity index (χ4n) is 4.53. The molecule has 0 aromatic carbocycles. The molecule has 1 amide bonds. The number of nitrogens with one attached hydrogen (secondary N) is 2. The molecule has 2 heterocycles. The second-order valence-electron chi connectivity index (χ2n) is 8.60. The van der Waals surface area contributed by atoms with Gasteiger partial charge < -0.3 is 15.2 Å². The van der Waals surface area contributed by atoms with E-state index >= 15 is 0 Å². The summed E-state index contributed by atoms with van der Waals surface area (Å²) in [5.74, 6) is -0.376. The number of hydrogen-bond donors (Lipinski definition) is 3. The summed E-state index contributed by atoms with van der Waals surface area (Å²) in [6.07, 6.45) is 12.5. The van der Waals surface area contributed by atoms with Gasteiger partial charge in [-0.2, -0.15) is 0 Å². The number of allylic oxidation sites excluding steroid dienone is 2. The van der Waals surface area contributed by atoms with Gasteiger partial charge in [-0.1, -0.05) is 31.9 Å². The van der Waals surface area contributed by atoms with Gasteiger partial charge in [0.25, 0.3) is 0 Å². The van der Waals surface area contributed by atoms with E-state index in [1.54, 1.807) is 0 Å². The van der Waals surface area contributed by atoms with E-state index in [0.717, 1.165) is 44.9 Å². The predicted molar refractivity (Wildman–Crippen MR) is 119 cm³/mol. The third-order valence-electron chi connectivity index (χ3n) is 6.19. The molecule has 0 aromatic rings. The Morgan fingerprint density at radius 2 is 1.77 bits per heavy atom. The molecule has 2 aliphatic heterocycles. The fraction of sp³-hybridized carbons (Fsp3) is 0.818. The van der Waals surface area contributed by atoms with Crippen LogP contribution in [-0.2, 0) is 24.3 Å². The molecule has 0 aliphatic carbocycles. The van der Waals surface area contributed by atoms with Gasteiger partial charge in [-0.3, -0.25) is 9.59 Å². The summed E-state index contributed by atoms with van der Waals surface area (Å²) < 4.78 is 32.3. The van der Waals surface area contributed by atoms with Crippen molar-refractivity contribution in [1.82, 2.24) is 10.0 Å². The number of rotatable bonds is 16. The number of ether oxygens (including phenoxy) is 1. The van der Waals surface area contributed by atoms with E-state index < -0.39 is 16.0 Å². The zero-order valence-corrected chi connectivity index (χ0v) is 19.4. The van der Waals surface area contributed by atoms with Gasteiger partial charge in [0, 0.05) is 18.9 Å². The smallest absolute Gasteiger partial charge is 0.303 e. The monoisotopic (exact) mass is 458 g/mol. The van der Waals surface area contributed by atoms with Gasteiger partial charge >= 0.3 is 5.97 Å². The molecule has 8 nitrogen and oxygen atoms in total. The average molecular weight is 459 g/mol. The minimum Gasteiger partial charge on any atom is -0.481 e. The molecular weight excluding hydrogens is 420 g/mol. The van der Waals surface area contributed by atoms with Crippen molar-refractivity contribution >= 4 is 21.9 Å². The SMILES string of the molecule is CCCCCS(=O)(=O)NCC(=O)NC[C@@H]1[C@H](CCC=CCCCC(=O)O)[C@@H]2CC[C@H]1O2. The number of hydrogen-bond acceptors (Lipinski definition) is 5. The largest absolute Gasteiger partial charge is 0.481 e. The summed E-state index contributed by atoms with van der Waals surface area (Å²) in [5, 5.41) is 11.5. The Morgan fingerprint density at radius 1 is 1.06 bits per heavy atom. The van der Waals surface area contributed by atoms with Crippen LogP contribution in [0.5, 0.6) is 0 Å². The van der Waals surface area contributed by atoms with Crippen LogP contribution in [0.4, 0.5) is 0 Å². The van der Waals surface area contributed by atoms with Crippen LogP contribution >= 0.6 is 0 Å². The standard InChI is InChI=1S/C22H38N2O6S/c1-2-3-9-14-31(28,29)24-16-21(25)23-15-18-17(19-12-13-20(18)30-19)10-7-5-4-6-8-11-22(26)27/h4-5,17-20,24H,2-3,6-16H2,1H3,(H,23,25)(H,26,27)/t17-,18+,19-,20+/m0/s1. The van der Waals surface area contributed by atoms with Crippen molar-refractivity contribution in [2.45, 2.75) is 83.3 Å². The number of amides is 1. The molecule has 0 aromatic heterocycles. The first kappa shape index (κ1) is 25.8. The molecular formula is C22H38N2O6S. The Labute approximate surface area is 186 Å². The highest BCUT2D eigenvalue weighted by molar-refractivity contribution is 7.89. The van der Waals surface area contributed by atoms with Crippen molar-refractivity contribution in [3.8, 4) is 0 Å². The molecule has 2 saturated heterocycles. The van der Waals surface area contributed by atoms with E-state index in [9.17, 15) is 18.0 Å². The number of carboxylic acids is 1. The summed E-state index contributed by atoms with van der Waals surface area (Å²) in [4.78, 5) is 22.7. The first-order valence-electron chi connectivity index (χ1n) is 11.6. The Bertz CT molecular complexity index is 709. The summed E-state index contributed by atoms with van der Waals surface area (Å²) in [7, 11) is -3.41. The first-order chi connectivity index (χ1) is 14.8. The zero-order chi connectivity index (χ0) is 22.7. The fourth-order valence-corrected chi connectivity index (χ4v) is 5.61. The summed E-state index contributed by atoms with van der Waals surface area (Å²) >= 11 is 0. The number of unbranched alkanes of at least 4 members (excludes halogenated alkanes) is 3. The lowest BCUT2D eigenvalue weighted by Gasteiger charge is -2.28. The number of carbonyl (C=O) groups is 2. The highest BCUT2D eigenvalue weighted by Crippen LogP contribution is 2.45. The molecule has 9 heteroatoms. The maximum atomic E-state index is 12.2. The van der Waals surface area contributed by atoms with Crippen molar-refractivity contribution in [1.29, 1.82) is 0 Å². The van der Waals surface area contributed by atoms with Gasteiger partial charge in [-0.15, -0.1) is 0 Å². The van der Waals surface area contributed by atoms with E-state index in [2.05, 4.69) is 16.1 Å². The second kappa shape index (κ2) is 13.2. The quantitative estimate of drug-likeness (QED) is 0.241. The van der Waals surface area contributed by atoms with E-state index in [-0.39, 0.29) is 42.8 Å². The Morgan fingerprint density at radius 3 is 2.48 bits per heavy atom. The van der Waals surface area contributed by atoms with Gasteiger partial charge in [-0.25, -0.2) is 13.1 Å². The number of aliphatic carboxylic acids is 1. The summed E-state index contributed by atoms with van der Waals surface area (Å²) in [6, 6.07) is 0. The lowest BCUT2D eigenvalue weighted by Crippen LogP contribution is -2.42. The predicted octanol–water partition coefficient (Wildman–Crippen LogP) is 2.60. The highest BCUT2D eigenvalue weighted by atomic mass is 32.2. The molecule has 0 unspecified atom stereocenters. The maximum Gasteiger partial charge on any atom is 0.303 e. The van der Waals surface area contributed by atoms with Crippen LogP contribution in [0.25, 0.3) is 0 Å². The normalized spacial score (nSPS) is 25.3. The topological polar surface area (TPSA) is 122 Å². The van der Waals surface area contributed by atoms with Gasteiger partial charge in [0.1, 0.15) is 0 Å². The van der Waals surface area contributed by atoms with Gasteiger partial charge in [0.15, 0.2) is 0 Å². The molecule has 31 heavy (non-hydrogen) atoms. The van der Waals surface area contributed by atoms with Gasteiger partial charge in [0.05, 0.1) is 24.5 Å². The van der Waals surface area contributed by atoms with Crippen molar-refractivity contribution in [2.24, 2.45) is 11.8 Å². The minimum absolute atomic E-state index is 0.0558. The molecule has 2 fully saturated rings. The van der Waals surface area contributed by atoms with Crippen molar-refractivity contribution in [3.63, 3.8) is 0 Å². The van der Waals surface area contributed by atoms with E-state index in [4.69, 9.17) is 9.84 Å². The number of sulfonamides is 1. The van der Waals surface area contributed by atoms with Crippen LogP contribution in [0.15, 0.2) is 12.2 Å². The molecule has 3 N–H and O–H groups in total. The Hall–Kier alpha value is -1.45. The maximum absolute atomic E-state index is 12.2. The lowest BCUT2D eigenvalue weighted by molar-refractivity contribution is -0.137. The Balaban J connectivity index is 1.70. The third-order valence-corrected chi connectivity index (χ3v) is 7.60. The minimum atomic E-state index is -3.41. The van der Waals surface area contributed by atoms with E-state index in [0.29, 0.717) is 25.3 Å². The summed E-state index contributed by atoms with van der Waals surface area (Å²) in [5.41, 5.74) is 0. The second-order valence-corrected chi connectivity index (χ2v) is 10.5. The van der Waals surface area contributed by atoms with Crippen LogP contribution in [0.2, 0.25) is 0 Å². The van der Waals surface area contributed by atoms with Gasteiger partial charge in [-0.05, 0) is 50.9 Å². The highest BCUT2D eigenvalue weighted by Gasteiger charge is 2.48. The summed E-state index contributed by atoms with van der Waals surface area (Å²) in [6.45, 7) is 2.30. The third kappa shape index (κ3) is 9.29. The molecule has 0 radical (unpaired) electrons. The molecule has 0 saturated carbocycles. The average Bonchev–Trinajstić information content (AvgIpc) is 3.32. The van der Waals surface area contributed by atoms with Crippen molar-refractivity contribution < 1.29 is 27.9 Å². The van der Waals surface area contributed by atoms with Crippen molar-refractivity contribution in [2.75, 3.05) is 18.8 Å². The van der Waals surface area contributed by atoms with Gasteiger partial charge in [0.2, 0.25) is 15.9 Å². The first-order valence-corrected chi connectivity index (χ1v) is 13.2. The number of fused-ring (bicyclic) bond motifs is 2. The molecule has 2 rings (SSSR count). The molecule has 4 atom stereocenters. The molecule has 2 aliphatic rings. The van der Waals surface area contributed by atoms with Crippen LogP contribution < -0.4 is 10.0 Å². The van der Waals surface area contributed by atoms with Crippen molar-refractivity contribution in [3.05, 3.63) is 12.2 Å². The molecule has 2 bridgehead atoms. The van der Waals surface area contributed by atoms with Crippen LogP contribution in [0.1, 0.15) is 71.1 Å². The number of carbonyl (C=O) groups excluding carboxylic acids is 1. The van der Waals surface area contributed by atoms with E-state index in [1.165, 1.54) is 0 Å². The number of carboxylic acid groups (broad SMARTS) is 1. The molecule has 0 spiro atoms. The van der Waals surface area contributed by atoms with Crippen LogP contribution in [0.3, 0.4) is 0 Å². The Kier molecular flexibility index (Phi) is 11.0. The lowest BCUT2D eigenvalue weighted by atomic mass is 9.77.